The molecule has 260 valence electrons. The molecule has 5 rings (SSSR count). The first kappa shape index (κ1) is 35.6. The van der Waals surface area contributed by atoms with Gasteiger partial charge in [-0.25, -0.2) is 4.18 Å². The van der Waals surface area contributed by atoms with Crippen molar-refractivity contribution in [1.82, 2.24) is 0 Å². The zero-order chi connectivity index (χ0) is 33.3. The normalized spacial score (nSPS) is 48.2. The van der Waals surface area contributed by atoms with Crippen LogP contribution in [-0.4, -0.2) is 105 Å². The van der Waals surface area contributed by atoms with Crippen molar-refractivity contribution in [2.75, 3.05) is 6.61 Å². The summed E-state index contributed by atoms with van der Waals surface area (Å²) >= 11 is 0. The van der Waals surface area contributed by atoms with Crippen molar-refractivity contribution < 1.29 is 57.3 Å². The zero-order valence-electron chi connectivity index (χ0n) is 27.0. The third-order valence-electron chi connectivity index (χ3n) is 12.5. The van der Waals surface area contributed by atoms with Crippen molar-refractivity contribution in [2.24, 2.45) is 40.4 Å². The van der Waals surface area contributed by atoms with Crippen LogP contribution >= 0.6 is 0 Å². The minimum Gasteiger partial charge on any atom is -0.393 e. The molecule has 12 nitrogen and oxygen atoms in total. The molecule has 5 aliphatic rings. The molecule has 0 bridgehead atoms. The highest BCUT2D eigenvalue weighted by atomic mass is 32.3. The van der Waals surface area contributed by atoms with Gasteiger partial charge < -0.3 is 40.1 Å². The van der Waals surface area contributed by atoms with Crippen LogP contribution in [0.3, 0.4) is 0 Å². The molecule has 0 aromatic rings. The molecule has 2 unspecified atom stereocenters. The van der Waals surface area contributed by atoms with E-state index in [1.807, 2.05) is 19.9 Å². The number of aliphatic hydroxyl groups excluding tert-OH is 5. The van der Waals surface area contributed by atoms with Crippen LogP contribution < -0.4 is 0 Å². The lowest BCUT2D eigenvalue weighted by Crippen LogP contribution is -2.66. The van der Waals surface area contributed by atoms with Crippen LogP contribution in [0, 0.1) is 40.4 Å². The predicted molar refractivity (Wildman–Crippen MR) is 162 cm³/mol. The number of hydrogen-bond acceptors (Lipinski definition) is 11. The highest BCUT2D eigenvalue weighted by Gasteiger charge is 2.69. The van der Waals surface area contributed by atoms with E-state index in [4.69, 9.17) is 13.7 Å². The molecular formula is C32H54O12S. The minimum atomic E-state index is -4.58. The van der Waals surface area contributed by atoms with Gasteiger partial charge in [0.05, 0.1) is 36.6 Å². The van der Waals surface area contributed by atoms with Gasteiger partial charge in [0.25, 0.3) is 0 Å². The molecule has 0 aromatic heterocycles. The lowest BCUT2D eigenvalue weighted by molar-refractivity contribution is -0.280. The molecule has 1 heterocycles. The fourth-order valence-electron chi connectivity index (χ4n) is 10.3. The van der Waals surface area contributed by atoms with Crippen molar-refractivity contribution in [3.63, 3.8) is 0 Å². The first-order chi connectivity index (χ1) is 20.8. The molecule has 45 heavy (non-hydrogen) atoms. The summed E-state index contributed by atoms with van der Waals surface area (Å²) in [6.07, 6.45) is -1.88. The Bertz CT molecular complexity index is 1210. The van der Waals surface area contributed by atoms with Crippen LogP contribution in [0.25, 0.3) is 0 Å². The Morgan fingerprint density at radius 3 is 2.33 bits per heavy atom. The molecule has 0 aromatic carbocycles. The summed E-state index contributed by atoms with van der Waals surface area (Å²) in [5.41, 5.74) is -1.48. The molecule has 13 heteroatoms. The summed E-state index contributed by atoms with van der Waals surface area (Å²) in [6, 6.07) is 0. The SMILES string of the molecule is CC(C)[C@H](CC[C@@H](C)[C@H]1C[C@H](O)C2[C@]3(O)C[C@@H](O)C4=C[C@@H](O[C@@H]5OC[C@@H](O)[C@H](O)[C@H]5O)CC[C@]4(C)C3CC[C@@]21C)OS(=O)(=O)O. The maximum absolute atomic E-state index is 12.6. The van der Waals surface area contributed by atoms with E-state index in [1.165, 1.54) is 0 Å². The largest absolute Gasteiger partial charge is 0.397 e. The Hall–Kier alpha value is -0.710. The molecule has 4 fully saturated rings. The van der Waals surface area contributed by atoms with Gasteiger partial charge in [0, 0.05) is 12.3 Å². The standard InChI is InChI=1S/C32H54O12S/c1-16(2)24(44-45(39,40)41)7-6-17(3)19-13-21(33)28-31(19,5)11-9-25-30(4)10-8-18(12-20(30)22(34)14-32(25,28)38)43-29-27(37)26(36)23(35)15-42-29/h12,16-19,21-29,33-38H,6-11,13-15H2,1-5H3,(H,39,40,41)/t17-,18+,19-,21+,22-,23-,24+,25?,26+,27-,28?,29+,30+,31-,32+/m1/s1. The zero-order valence-corrected chi connectivity index (χ0v) is 27.8. The Morgan fingerprint density at radius 1 is 1.00 bits per heavy atom. The summed E-state index contributed by atoms with van der Waals surface area (Å²) in [5, 5.41) is 66.0. The van der Waals surface area contributed by atoms with E-state index in [9.17, 15) is 43.6 Å². The van der Waals surface area contributed by atoms with E-state index in [0.717, 1.165) is 12.0 Å². The molecule has 0 radical (unpaired) electrons. The van der Waals surface area contributed by atoms with Crippen molar-refractivity contribution >= 4 is 10.4 Å². The van der Waals surface area contributed by atoms with E-state index in [0.29, 0.717) is 38.5 Å². The van der Waals surface area contributed by atoms with Gasteiger partial charge in [-0.2, -0.15) is 8.42 Å². The topological polar surface area (TPSA) is 203 Å². The predicted octanol–water partition coefficient (Wildman–Crippen LogP) is 1.71. The van der Waals surface area contributed by atoms with Crippen molar-refractivity contribution in [1.29, 1.82) is 0 Å². The second-order valence-corrected chi connectivity index (χ2v) is 16.6. The maximum atomic E-state index is 12.6. The van der Waals surface area contributed by atoms with Gasteiger partial charge >= 0.3 is 10.4 Å². The lowest BCUT2D eigenvalue weighted by Gasteiger charge is -2.64. The van der Waals surface area contributed by atoms with Gasteiger partial charge in [0.1, 0.15) is 18.3 Å². The second-order valence-electron chi connectivity index (χ2n) is 15.6. The quantitative estimate of drug-likeness (QED) is 0.139. The Labute approximate surface area is 266 Å². The molecule has 0 amide bonds. The third kappa shape index (κ3) is 6.41. The van der Waals surface area contributed by atoms with Gasteiger partial charge in [0.15, 0.2) is 6.29 Å². The molecule has 1 aliphatic heterocycles. The number of rotatable bonds is 9. The average Bonchev–Trinajstić information content (AvgIpc) is 3.22. The van der Waals surface area contributed by atoms with Crippen LogP contribution in [0.2, 0.25) is 0 Å². The third-order valence-corrected chi connectivity index (χ3v) is 13.0. The van der Waals surface area contributed by atoms with Crippen LogP contribution in [0.4, 0.5) is 0 Å². The first-order valence-corrected chi connectivity index (χ1v) is 18.0. The van der Waals surface area contributed by atoms with Gasteiger partial charge in [-0.1, -0.05) is 40.7 Å². The first-order valence-electron chi connectivity index (χ1n) is 16.6. The summed E-state index contributed by atoms with van der Waals surface area (Å²) in [4.78, 5) is 0. The highest BCUT2D eigenvalue weighted by molar-refractivity contribution is 7.80. The monoisotopic (exact) mass is 662 g/mol. The number of aliphatic hydroxyl groups is 6. The van der Waals surface area contributed by atoms with E-state index < -0.39 is 81.8 Å². The number of hydrogen-bond donors (Lipinski definition) is 7. The van der Waals surface area contributed by atoms with Gasteiger partial charge in [-0.15, -0.1) is 0 Å². The summed E-state index contributed by atoms with van der Waals surface area (Å²) in [5.74, 6) is -0.635. The fraction of sp³-hybridized carbons (Fsp3) is 0.938. The Kier molecular flexibility index (Phi) is 9.99. The van der Waals surface area contributed by atoms with Crippen molar-refractivity contribution in [3.05, 3.63) is 11.6 Å². The van der Waals surface area contributed by atoms with Crippen LogP contribution in [0.5, 0.6) is 0 Å². The van der Waals surface area contributed by atoms with Crippen LogP contribution in [0.1, 0.15) is 86.0 Å². The maximum Gasteiger partial charge on any atom is 0.397 e. The smallest absolute Gasteiger partial charge is 0.393 e. The second kappa shape index (κ2) is 12.6. The van der Waals surface area contributed by atoms with Gasteiger partial charge in [-0.3, -0.25) is 4.55 Å². The van der Waals surface area contributed by atoms with E-state index in [2.05, 4.69) is 20.8 Å². The van der Waals surface area contributed by atoms with E-state index >= 15 is 0 Å². The number of fused-ring (bicyclic) bond motifs is 5. The summed E-state index contributed by atoms with van der Waals surface area (Å²) < 4.78 is 48.4. The molecule has 4 aliphatic carbocycles. The molecule has 3 saturated carbocycles. The van der Waals surface area contributed by atoms with E-state index in [1.54, 1.807) is 0 Å². The molecular weight excluding hydrogens is 608 g/mol. The average molecular weight is 663 g/mol. The molecule has 0 spiro atoms. The van der Waals surface area contributed by atoms with Gasteiger partial charge in [-0.05, 0) is 85.0 Å². The molecule has 1 saturated heterocycles. The molecule has 7 N–H and O–H groups in total. The van der Waals surface area contributed by atoms with Crippen molar-refractivity contribution in [2.45, 2.75) is 141 Å². The van der Waals surface area contributed by atoms with Crippen LogP contribution in [-0.2, 0) is 24.1 Å². The highest BCUT2D eigenvalue weighted by Crippen LogP contribution is 2.69. The summed E-state index contributed by atoms with van der Waals surface area (Å²) in [7, 11) is -4.58. The Balaban J connectivity index is 1.33. The lowest BCUT2D eigenvalue weighted by atomic mass is 9.43. The minimum absolute atomic E-state index is 0.0582. The number of ether oxygens (including phenoxy) is 2. The molecule has 15 atom stereocenters. The van der Waals surface area contributed by atoms with E-state index in [-0.39, 0.29) is 36.7 Å². The van der Waals surface area contributed by atoms with Gasteiger partial charge in [0.2, 0.25) is 0 Å². The fourth-order valence-corrected chi connectivity index (χ4v) is 11.0. The van der Waals surface area contributed by atoms with Crippen LogP contribution in [0.15, 0.2) is 11.6 Å². The summed E-state index contributed by atoms with van der Waals surface area (Å²) in [6.45, 7) is 9.83. The van der Waals surface area contributed by atoms with Crippen molar-refractivity contribution in [3.8, 4) is 0 Å². The Morgan fingerprint density at radius 2 is 1.69 bits per heavy atom.